The van der Waals surface area contributed by atoms with Gasteiger partial charge in [0.15, 0.2) is 5.82 Å². The molecular formula is C16H21ClN6O. The van der Waals surface area contributed by atoms with E-state index in [0.717, 1.165) is 31.0 Å². The van der Waals surface area contributed by atoms with Crippen molar-refractivity contribution < 1.29 is 4.79 Å². The predicted molar refractivity (Wildman–Crippen MR) is 92.1 cm³/mol. The molecule has 8 heteroatoms. The van der Waals surface area contributed by atoms with Gasteiger partial charge in [-0.1, -0.05) is 25.4 Å². The molecule has 0 unspecified atom stereocenters. The highest BCUT2D eigenvalue weighted by atomic mass is 35.5. The average Bonchev–Trinajstić information content (AvgIpc) is 2.99. The van der Waals surface area contributed by atoms with Crippen molar-refractivity contribution in [3.8, 4) is 0 Å². The Morgan fingerprint density at radius 3 is 3.00 bits per heavy atom. The standard InChI is InChI=1S/C16H21ClN6O/c1-10(2)16-21-14-6-4-12(9-23(14)22-16)18-8-15(24)20-13-5-3-11(17)7-19-13/h3,5,7,10,12,18H,4,6,8-9H2,1-2H3,(H,19,20,24)/t12-/m1/s1. The molecule has 0 fully saturated rings. The lowest BCUT2D eigenvalue weighted by Gasteiger charge is -2.23. The Balaban J connectivity index is 1.50. The van der Waals surface area contributed by atoms with Gasteiger partial charge < -0.3 is 10.6 Å². The smallest absolute Gasteiger partial charge is 0.239 e. The first-order valence-electron chi connectivity index (χ1n) is 8.09. The molecule has 1 aliphatic rings. The van der Waals surface area contributed by atoms with Crippen molar-refractivity contribution in [2.24, 2.45) is 0 Å². The molecule has 2 aromatic heterocycles. The summed E-state index contributed by atoms with van der Waals surface area (Å²) >= 11 is 5.77. The van der Waals surface area contributed by atoms with Crippen LogP contribution in [-0.2, 0) is 17.8 Å². The lowest BCUT2D eigenvalue weighted by molar-refractivity contribution is -0.115. The van der Waals surface area contributed by atoms with Gasteiger partial charge in [0.1, 0.15) is 11.6 Å². The number of nitrogens with zero attached hydrogens (tertiary/aromatic N) is 4. The number of aromatic nitrogens is 4. The van der Waals surface area contributed by atoms with Gasteiger partial charge in [-0.2, -0.15) is 5.10 Å². The zero-order chi connectivity index (χ0) is 17.1. The van der Waals surface area contributed by atoms with Crippen LogP contribution in [0.3, 0.4) is 0 Å². The van der Waals surface area contributed by atoms with Crippen LogP contribution >= 0.6 is 11.6 Å². The third-order valence-corrected chi connectivity index (χ3v) is 4.16. The van der Waals surface area contributed by atoms with Gasteiger partial charge in [0.25, 0.3) is 0 Å². The molecule has 7 nitrogen and oxygen atoms in total. The summed E-state index contributed by atoms with van der Waals surface area (Å²) < 4.78 is 1.95. The third kappa shape index (κ3) is 4.10. The van der Waals surface area contributed by atoms with E-state index < -0.39 is 0 Å². The Bertz CT molecular complexity index is 712. The van der Waals surface area contributed by atoms with Crippen molar-refractivity contribution in [3.63, 3.8) is 0 Å². The molecule has 2 N–H and O–H groups in total. The van der Waals surface area contributed by atoms with E-state index in [1.54, 1.807) is 12.1 Å². The molecule has 24 heavy (non-hydrogen) atoms. The SMILES string of the molecule is CC(C)c1nc2n(n1)C[C@H](NCC(=O)Nc1ccc(Cl)cn1)CC2. The molecule has 0 bridgehead atoms. The van der Waals surface area contributed by atoms with Crippen LogP contribution in [0, 0.1) is 0 Å². The van der Waals surface area contributed by atoms with Crippen molar-refractivity contribution in [1.29, 1.82) is 0 Å². The van der Waals surface area contributed by atoms with E-state index in [4.69, 9.17) is 11.6 Å². The summed E-state index contributed by atoms with van der Waals surface area (Å²) in [5.74, 6) is 2.61. The minimum absolute atomic E-state index is 0.128. The van der Waals surface area contributed by atoms with E-state index in [0.29, 0.717) is 16.8 Å². The van der Waals surface area contributed by atoms with Crippen LogP contribution in [-0.4, -0.2) is 38.2 Å². The maximum Gasteiger partial charge on any atom is 0.239 e. The first-order chi connectivity index (χ1) is 11.5. The van der Waals surface area contributed by atoms with E-state index in [1.165, 1.54) is 6.20 Å². The number of nitrogens with one attached hydrogen (secondary N) is 2. The van der Waals surface area contributed by atoms with Crippen LogP contribution < -0.4 is 10.6 Å². The Hall–Kier alpha value is -1.99. The number of carbonyl (C=O) groups is 1. The number of hydrogen-bond donors (Lipinski definition) is 2. The first kappa shape index (κ1) is 16.9. The second-order valence-corrected chi connectivity index (χ2v) is 6.69. The molecule has 1 atom stereocenters. The second-order valence-electron chi connectivity index (χ2n) is 6.25. The molecule has 128 valence electrons. The Kier molecular flexibility index (Phi) is 5.11. The number of anilines is 1. The fourth-order valence-corrected chi connectivity index (χ4v) is 2.73. The molecule has 3 heterocycles. The highest BCUT2D eigenvalue weighted by Crippen LogP contribution is 2.17. The predicted octanol–water partition coefficient (Wildman–Crippen LogP) is 1.99. The summed E-state index contributed by atoms with van der Waals surface area (Å²) in [5, 5.41) is 11.1. The number of halogens is 1. The van der Waals surface area contributed by atoms with Gasteiger partial charge in [-0.15, -0.1) is 0 Å². The van der Waals surface area contributed by atoms with E-state index in [1.807, 2.05) is 4.68 Å². The van der Waals surface area contributed by atoms with E-state index in [-0.39, 0.29) is 18.5 Å². The maximum atomic E-state index is 12.0. The summed E-state index contributed by atoms with van der Waals surface area (Å²) in [6.07, 6.45) is 3.32. The monoisotopic (exact) mass is 348 g/mol. The molecule has 0 radical (unpaired) electrons. The van der Waals surface area contributed by atoms with Crippen molar-refractivity contribution in [2.75, 3.05) is 11.9 Å². The van der Waals surface area contributed by atoms with Gasteiger partial charge in [-0.05, 0) is 18.6 Å². The summed E-state index contributed by atoms with van der Waals surface area (Å²) in [7, 11) is 0. The lowest BCUT2D eigenvalue weighted by Crippen LogP contribution is -2.41. The lowest BCUT2D eigenvalue weighted by atomic mass is 10.1. The fraction of sp³-hybridized carbons (Fsp3) is 0.500. The minimum atomic E-state index is -0.128. The van der Waals surface area contributed by atoms with Crippen molar-refractivity contribution in [2.45, 2.75) is 45.2 Å². The number of amides is 1. The molecule has 3 rings (SSSR count). The zero-order valence-corrected chi connectivity index (χ0v) is 14.5. The van der Waals surface area contributed by atoms with Gasteiger partial charge in [-0.3, -0.25) is 4.79 Å². The first-order valence-corrected chi connectivity index (χ1v) is 8.47. The van der Waals surface area contributed by atoms with Crippen LogP contribution in [0.2, 0.25) is 5.02 Å². The normalized spacial score (nSPS) is 16.9. The van der Waals surface area contributed by atoms with Gasteiger partial charge in [-0.25, -0.2) is 14.6 Å². The molecule has 0 aliphatic carbocycles. The highest BCUT2D eigenvalue weighted by molar-refractivity contribution is 6.30. The molecule has 1 amide bonds. The van der Waals surface area contributed by atoms with Crippen molar-refractivity contribution in [3.05, 3.63) is 35.0 Å². The zero-order valence-electron chi connectivity index (χ0n) is 13.8. The fourth-order valence-electron chi connectivity index (χ4n) is 2.61. The molecule has 2 aromatic rings. The van der Waals surface area contributed by atoms with Crippen LogP contribution in [0.1, 0.15) is 37.8 Å². The summed E-state index contributed by atoms with van der Waals surface area (Å²) in [5.41, 5.74) is 0. The Labute approximate surface area is 145 Å². The van der Waals surface area contributed by atoms with Crippen LogP contribution in [0.4, 0.5) is 5.82 Å². The second kappa shape index (κ2) is 7.27. The summed E-state index contributed by atoms with van der Waals surface area (Å²) in [4.78, 5) is 20.6. The quantitative estimate of drug-likeness (QED) is 0.863. The van der Waals surface area contributed by atoms with Gasteiger partial charge in [0.2, 0.25) is 5.91 Å². The Morgan fingerprint density at radius 1 is 1.46 bits per heavy atom. The molecule has 1 aliphatic heterocycles. The van der Waals surface area contributed by atoms with Gasteiger partial charge >= 0.3 is 0 Å². The van der Waals surface area contributed by atoms with E-state index in [2.05, 4.69) is 39.5 Å². The third-order valence-electron chi connectivity index (χ3n) is 3.94. The van der Waals surface area contributed by atoms with Crippen LogP contribution in [0.15, 0.2) is 18.3 Å². The van der Waals surface area contributed by atoms with Crippen LogP contribution in [0.25, 0.3) is 0 Å². The van der Waals surface area contributed by atoms with Gasteiger partial charge in [0.05, 0.1) is 18.1 Å². The average molecular weight is 349 g/mol. The number of pyridine rings is 1. The summed E-state index contributed by atoms with van der Waals surface area (Å²) in [6, 6.07) is 3.58. The van der Waals surface area contributed by atoms with Crippen molar-refractivity contribution >= 4 is 23.3 Å². The molecule has 0 spiro atoms. The van der Waals surface area contributed by atoms with Gasteiger partial charge in [0, 0.05) is 24.6 Å². The number of aryl methyl sites for hydroxylation is 1. The number of carbonyl (C=O) groups excluding carboxylic acids is 1. The number of hydrogen-bond acceptors (Lipinski definition) is 5. The summed E-state index contributed by atoms with van der Waals surface area (Å²) in [6.45, 7) is 5.15. The highest BCUT2D eigenvalue weighted by Gasteiger charge is 2.22. The number of rotatable bonds is 5. The largest absolute Gasteiger partial charge is 0.310 e. The number of fused-ring (bicyclic) bond motifs is 1. The molecule has 0 aromatic carbocycles. The topological polar surface area (TPSA) is 84.7 Å². The Morgan fingerprint density at radius 2 is 2.29 bits per heavy atom. The van der Waals surface area contributed by atoms with Crippen LogP contribution in [0.5, 0.6) is 0 Å². The maximum absolute atomic E-state index is 12.0. The molecule has 0 saturated heterocycles. The van der Waals surface area contributed by atoms with E-state index >= 15 is 0 Å². The minimum Gasteiger partial charge on any atom is -0.310 e. The molecular weight excluding hydrogens is 328 g/mol. The van der Waals surface area contributed by atoms with Crippen molar-refractivity contribution in [1.82, 2.24) is 25.1 Å². The van der Waals surface area contributed by atoms with E-state index in [9.17, 15) is 4.79 Å². The molecule has 0 saturated carbocycles.